The second kappa shape index (κ2) is 10.4. The van der Waals surface area contributed by atoms with Crippen molar-refractivity contribution >= 4 is 11.8 Å². The predicted molar refractivity (Wildman–Crippen MR) is 114 cm³/mol. The van der Waals surface area contributed by atoms with Crippen LogP contribution in [0.3, 0.4) is 0 Å². The summed E-state index contributed by atoms with van der Waals surface area (Å²) in [5.74, 6) is 0.413. The van der Waals surface area contributed by atoms with Crippen molar-refractivity contribution in [3.8, 4) is 11.3 Å². The van der Waals surface area contributed by atoms with Crippen molar-refractivity contribution in [3.63, 3.8) is 0 Å². The minimum Gasteiger partial charge on any atom is -0.383 e. The average molecular weight is 414 g/mol. The molecule has 0 saturated carbocycles. The monoisotopic (exact) mass is 413 g/mol. The molecule has 1 saturated heterocycles. The molecule has 0 bridgehead atoms. The molecular weight excluding hydrogens is 382 g/mol. The Morgan fingerprint density at radius 1 is 1.13 bits per heavy atom. The third-order valence-electron chi connectivity index (χ3n) is 5.54. The number of likely N-dealkylation sites (tertiary alicyclic amines) is 1. The summed E-state index contributed by atoms with van der Waals surface area (Å²) in [5, 5.41) is 4.01. The SMILES string of the molecule is COCCN(CCC(=O)N1CCCCC1)C(=O)c1cc(-c2cc(C)ccc2C)on1. The summed E-state index contributed by atoms with van der Waals surface area (Å²) in [4.78, 5) is 29.1. The quantitative estimate of drug-likeness (QED) is 0.663. The van der Waals surface area contributed by atoms with Crippen molar-refractivity contribution in [1.82, 2.24) is 15.0 Å². The summed E-state index contributed by atoms with van der Waals surface area (Å²) < 4.78 is 10.6. The fraction of sp³-hybridized carbons (Fsp3) is 0.522. The number of nitrogens with zero attached hydrogens (tertiary/aromatic N) is 3. The van der Waals surface area contributed by atoms with Gasteiger partial charge in [0.05, 0.1) is 6.61 Å². The fourth-order valence-electron chi connectivity index (χ4n) is 3.71. The van der Waals surface area contributed by atoms with E-state index in [1.807, 2.05) is 36.9 Å². The maximum atomic E-state index is 13.1. The number of ether oxygens (including phenoxy) is 1. The van der Waals surface area contributed by atoms with Gasteiger partial charge in [0.2, 0.25) is 5.91 Å². The number of hydrogen-bond donors (Lipinski definition) is 0. The second-order valence-corrected chi connectivity index (χ2v) is 7.87. The van der Waals surface area contributed by atoms with Gasteiger partial charge in [-0.25, -0.2) is 0 Å². The zero-order chi connectivity index (χ0) is 21.5. The number of methoxy groups -OCH3 is 1. The molecule has 0 unspecified atom stereocenters. The number of aryl methyl sites for hydroxylation is 2. The smallest absolute Gasteiger partial charge is 0.276 e. The zero-order valence-electron chi connectivity index (χ0n) is 18.1. The molecule has 7 heteroatoms. The van der Waals surface area contributed by atoms with Crippen LogP contribution in [0.4, 0.5) is 0 Å². The minimum atomic E-state index is -0.251. The van der Waals surface area contributed by atoms with Crippen LogP contribution in [0, 0.1) is 13.8 Å². The summed E-state index contributed by atoms with van der Waals surface area (Å²) in [7, 11) is 1.59. The summed E-state index contributed by atoms with van der Waals surface area (Å²) in [6, 6.07) is 7.75. The number of carbonyl (C=O) groups excluding carboxylic acids is 2. The topological polar surface area (TPSA) is 75.9 Å². The molecule has 0 N–H and O–H groups in total. The van der Waals surface area contributed by atoms with Gasteiger partial charge in [-0.1, -0.05) is 22.9 Å². The molecule has 0 radical (unpaired) electrons. The van der Waals surface area contributed by atoms with E-state index in [1.165, 1.54) is 6.42 Å². The van der Waals surface area contributed by atoms with Crippen molar-refractivity contribution in [2.45, 2.75) is 39.5 Å². The zero-order valence-corrected chi connectivity index (χ0v) is 18.1. The van der Waals surface area contributed by atoms with Gasteiger partial charge in [-0.15, -0.1) is 0 Å². The lowest BCUT2D eigenvalue weighted by molar-refractivity contribution is -0.132. The maximum absolute atomic E-state index is 13.1. The molecule has 1 fully saturated rings. The van der Waals surface area contributed by atoms with E-state index >= 15 is 0 Å². The standard InChI is InChI=1S/C23H31N3O4/c1-17-7-8-18(2)19(15-17)21-16-20(24-30-21)23(28)26(13-14-29-3)12-9-22(27)25-10-5-4-6-11-25/h7-8,15-16H,4-6,9-14H2,1-3H3. The first-order valence-corrected chi connectivity index (χ1v) is 10.6. The van der Waals surface area contributed by atoms with Crippen molar-refractivity contribution in [2.75, 3.05) is 39.9 Å². The first-order valence-electron chi connectivity index (χ1n) is 10.6. The molecule has 1 aromatic carbocycles. The van der Waals surface area contributed by atoms with Crippen LogP contribution in [0.25, 0.3) is 11.3 Å². The van der Waals surface area contributed by atoms with E-state index in [1.54, 1.807) is 18.1 Å². The predicted octanol–water partition coefficient (Wildman–Crippen LogP) is 3.45. The van der Waals surface area contributed by atoms with Gasteiger partial charge in [0.15, 0.2) is 11.5 Å². The first-order chi connectivity index (χ1) is 14.5. The number of aromatic nitrogens is 1. The van der Waals surface area contributed by atoms with Crippen molar-refractivity contribution < 1.29 is 18.8 Å². The van der Waals surface area contributed by atoms with Gasteiger partial charge in [-0.3, -0.25) is 9.59 Å². The summed E-state index contributed by atoms with van der Waals surface area (Å²) in [6.07, 6.45) is 3.59. The Balaban J connectivity index is 1.69. The van der Waals surface area contributed by atoms with Crippen molar-refractivity contribution in [2.24, 2.45) is 0 Å². The van der Waals surface area contributed by atoms with Crippen LogP contribution >= 0.6 is 0 Å². The Morgan fingerprint density at radius 2 is 1.90 bits per heavy atom. The lowest BCUT2D eigenvalue weighted by atomic mass is 10.0. The van der Waals surface area contributed by atoms with Crippen molar-refractivity contribution in [1.29, 1.82) is 0 Å². The Morgan fingerprint density at radius 3 is 2.63 bits per heavy atom. The molecule has 30 heavy (non-hydrogen) atoms. The van der Waals surface area contributed by atoms with Gasteiger partial charge < -0.3 is 19.1 Å². The molecule has 1 aliphatic heterocycles. The van der Waals surface area contributed by atoms with Crippen LogP contribution in [0.2, 0.25) is 0 Å². The van der Waals surface area contributed by atoms with Crippen molar-refractivity contribution in [3.05, 3.63) is 41.1 Å². The van der Waals surface area contributed by atoms with E-state index in [0.29, 0.717) is 31.9 Å². The normalized spacial score (nSPS) is 14.0. The number of amides is 2. The van der Waals surface area contributed by atoms with E-state index in [2.05, 4.69) is 5.16 Å². The Bertz CT molecular complexity index is 871. The molecule has 0 atom stereocenters. The van der Waals surface area contributed by atoms with Gasteiger partial charge in [-0.2, -0.15) is 0 Å². The van der Waals surface area contributed by atoms with E-state index in [-0.39, 0.29) is 17.5 Å². The fourth-order valence-corrected chi connectivity index (χ4v) is 3.71. The third-order valence-corrected chi connectivity index (χ3v) is 5.54. The molecule has 0 aliphatic carbocycles. The van der Waals surface area contributed by atoms with E-state index in [4.69, 9.17) is 9.26 Å². The highest BCUT2D eigenvalue weighted by molar-refractivity contribution is 5.93. The van der Waals surface area contributed by atoms with Gasteiger partial charge in [-0.05, 0) is 44.7 Å². The molecule has 2 heterocycles. The molecular formula is C23H31N3O4. The number of carbonyl (C=O) groups is 2. The lowest BCUT2D eigenvalue weighted by Gasteiger charge is -2.28. The largest absolute Gasteiger partial charge is 0.383 e. The molecule has 7 nitrogen and oxygen atoms in total. The summed E-state index contributed by atoms with van der Waals surface area (Å²) in [6.45, 7) is 6.76. The number of rotatable bonds is 8. The van der Waals surface area contributed by atoms with Crippen LogP contribution in [-0.2, 0) is 9.53 Å². The molecule has 1 aromatic heterocycles. The van der Waals surface area contributed by atoms with Gasteiger partial charge in [0, 0.05) is 51.3 Å². The highest BCUT2D eigenvalue weighted by Gasteiger charge is 2.23. The van der Waals surface area contributed by atoms with Crippen LogP contribution in [0.5, 0.6) is 0 Å². The van der Waals surface area contributed by atoms with Crippen LogP contribution in [0.1, 0.15) is 47.3 Å². The summed E-state index contributed by atoms with van der Waals surface area (Å²) in [5.41, 5.74) is 3.33. The van der Waals surface area contributed by atoms with E-state index in [0.717, 1.165) is 42.6 Å². The van der Waals surface area contributed by atoms with Crippen LogP contribution in [-0.4, -0.2) is 66.7 Å². The Hall–Kier alpha value is -2.67. The van der Waals surface area contributed by atoms with Crippen LogP contribution < -0.4 is 0 Å². The van der Waals surface area contributed by atoms with Gasteiger partial charge >= 0.3 is 0 Å². The van der Waals surface area contributed by atoms with E-state index in [9.17, 15) is 9.59 Å². The number of benzene rings is 1. The maximum Gasteiger partial charge on any atom is 0.276 e. The Labute approximate surface area is 178 Å². The lowest BCUT2D eigenvalue weighted by Crippen LogP contribution is -2.40. The Kier molecular flexibility index (Phi) is 7.63. The number of piperidine rings is 1. The molecule has 2 aromatic rings. The second-order valence-electron chi connectivity index (χ2n) is 7.87. The molecule has 0 spiro atoms. The number of hydrogen-bond acceptors (Lipinski definition) is 5. The van der Waals surface area contributed by atoms with E-state index < -0.39 is 0 Å². The third kappa shape index (κ3) is 5.48. The molecule has 162 valence electrons. The van der Waals surface area contributed by atoms with Gasteiger partial charge in [0.1, 0.15) is 0 Å². The van der Waals surface area contributed by atoms with Gasteiger partial charge in [0.25, 0.3) is 5.91 Å². The molecule has 1 aliphatic rings. The highest BCUT2D eigenvalue weighted by Crippen LogP contribution is 2.25. The van der Waals surface area contributed by atoms with Crippen LogP contribution in [0.15, 0.2) is 28.8 Å². The highest BCUT2D eigenvalue weighted by atomic mass is 16.5. The molecule has 3 rings (SSSR count). The summed E-state index contributed by atoms with van der Waals surface area (Å²) >= 11 is 0. The minimum absolute atomic E-state index is 0.0983. The average Bonchev–Trinajstić information content (AvgIpc) is 3.25. The first kappa shape index (κ1) is 22.0. The molecule has 2 amide bonds.